The monoisotopic (exact) mass is 214 g/mol. The molecule has 0 spiro atoms. The second kappa shape index (κ2) is 3.76. The van der Waals surface area contributed by atoms with Crippen LogP contribution in [0.15, 0.2) is 42.6 Å². The zero-order valence-corrected chi connectivity index (χ0v) is 8.95. The molecule has 3 rings (SSSR count). The molecule has 1 aliphatic carbocycles. The zero-order valence-electron chi connectivity index (χ0n) is 8.95. The molecule has 3 heteroatoms. The zero-order chi connectivity index (χ0) is 11.0. The van der Waals surface area contributed by atoms with Crippen molar-refractivity contribution in [1.29, 1.82) is 0 Å². The molecule has 1 heterocycles. The molecule has 0 saturated heterocycles. The number of aliphatic hydroxyl groups excluding tert-OH is 1. The van der Waals surface area contributed by atoms with Crippen LogP contribution in [0, 0.1) is 0 Å². The molecule has 1 saturated carbocycles. The van der Waals surface area contributed by atoms with Gasteiger partial charge in [0.05, 0.1) is 17.5 Å². The minimum Gasteiger partial charge on any atom is -0.393 e. The largest absolute Gasteiger partial charge is 0.393 e. The first-order chi connectivity index (χ1) is 7.83. The van der Waals surface area contributed by atoms with Crippen LogP contribution in [-0.2, 0) is 0 Å². The quantitative estimate of drug-likeness (QED) is 0.831. The number of aromatic nitrogens is 2. The lowest BCUT2D eigenvalue weighted by molar-refractivity contribution is 0.0731. The SMILES string of the molecule is OC1CC(c2ccn(-c3ccccc3)n2)C1. The van der Waals surface area contributed by atoms with Gasteiger partial charge < -0.3 is 5.11 Å². The van der Waals surface area contributed by atoms with Crippen LogP contribution in [-0.4, -0.2) is 21.0 Å². The fourth-order valence-corrected chi connectivity index (χ4v) is 2.11. The Labute approximate surface area is 94.3 Å². The fourth-order valence-electron chi connectivity index (χ4n) is 2.11. The summed E-state index contributed by atoms with van der Waals surface area (Å²) in [6.07, 6.45) is 3.57. The van der Waals surface area contributed by atoms with Crippen molar-refractivity contribution in [1.82, 2.24) is 9.78 Å². The van der Waals surface area contributed by atoms with Gasteiger partial charge in [-0.15, -0.1) is 0 Å². The van der Waals surface area contributed by atoms with Crippen molar-refractivity contribution >= 4 is 0 Å². The minimum absolute atomic E-state index is 0.119. The lowest BCUT2D eigenvalue weighted by atomic mass is 9.80. The van der Waals surface area contributed by atoms with Crippen molar-refractivity contribution < 1.29 is 5.11 Å². The van der Waals surface area contributed by atoms with Crippen LogP contribution in [0.2, 0.25) is 0 Å². The van der Waals surface area contributed by atoms with Gasteiger partial charge in [-0.05, 0) is 31.0 Å². The molecule has 1 aliphatic rings. The summed E-state index contributed by atoms with van der Waals surface area (Å²) in [6, 6.07) is 12.1. The van der Waals surface area contributed by atoms with E-state index in [2.05, 4.69) is 5.10 Å². The van der Waals surface area contributed by atoms with E-state index in [-0.39, 0.29) is 6.10 Å². The van der Waals surface area contributed by atoms with Crippen molar-refractivity contribution in [2.75, 3.05) is 0 Å². The summed E-state index contributed by atoms with van der Waals surface area (Å²) < 4.78 is 1.89. The number of para-hydroxylation sites is 1. The summed E-state index contributed by atoms with van der Waals surface area (Å²) in [5, 5.41) is 13.8. The van der Waals surface area contributed by atoms with Gasteiger partial charge in [-0.25, -0.2) is 4.68 Å². The van der Waals surface area contributed by atoms with Gasteiger partial charge in [-0.2, -0.15) is 5.10 Å². The molecular weight excluding hydrogens is 200 g/mol. The Morgan fingerprint density at radius 3 is 2.56 bits per heavy atom. The molecule has 82 valence electrons. The predicted molar refractivity (Wildman–Crippen MR) is 61.5 cm³/mol. The molecular formula is C13H14N2O. The Morgan fingerprint density at radius 2 is 1.88 bits per heavy atom. The van der Waals surface area contributed by atoms with E-state index in [1.807, 2.05) is 47.3 Å². The third-order valence-corrected chi connectivity index (χ3v) is 3.16. The summed E-state index contributed by atoms with van der Waals surface area (Å²) in [6.45, 7) is 0. The molecule has 16 heavy (non-hydrogen) atoms. The Bertz CT molecular complexity index is 472. The van der Waals surface area contributed by atoms with Gasteiger partial charge in [0.1, 0.15) is 0 Å². The second-order valence-corrected chi connectivity index (χ2v) is 4.34. The summed E-state index contributed by atoms with van der Waals surface area (Å²) in [4.78, 5) is 0. The molecule has 0 amide bonds. The fraction of sp³-hybridized carbons (Fsp3) is 0.308. The van der Waals surface area contributed by atoms with Crippen LogP contribution in [0.4, 0.5) is 0 Å². The molecule has 0 atom stereocenters. The normalized spacial score (nSPS) is 24.1. The lowest BCUT2D eigenvalue weighted by Crippen LogP contribution is -2.26. The Morgan fingerprint density at radius 1 is 1.12 bits per heavy atom. The first-order valence-electron chi connectivity index (χ1n) is 5.62. The van der Waals surface area contributed by atoms with Gasteiger partial charge in [-0.1, -0.05) is 18.2 Å². The van der Waals surface area contributed by atoms with E-state index >= 15 is 0 Å². The van der Waals surface area contributed by atoms with E-state index in [1.165, 1.54) is 0 Å². The van der Waals surface area contributed by atoms with Crippen LogP contribution in [0.25, 0.3) is 5.69 Å². The van der Waals surface area contributed by atoms with Gasteiger partial charge in [-0.3, -0.25) is 0 Å². The lowest BCUT2D eigenvalue weighted by Gasteiger charge is -2.29. The summed E-state index contributed by atoms with van der Waals surface area (Å²) in [5.74, 6) is 0.444. The Kier molecular flexibility index (Phi) is 2.26. The molecule has 0 bridgehead atoms. The van der Waals surface area contributed by atoms with Crippen molar-refractivity contribution in [3.63, 3.8) is 0 Å². The van der Waals surface area contributed by atoms with E-state index < -0.39 is 0 Å². The smallest absolute Gasteiger partial charge is 0.0661 e. The molecule has 2 aromatic rings. The molecule has 3 nitrogen and oxygen atoms in total. The van der Waals surface area contributed by atoms with E-state index in [0.717, 1.165) is 24.2 Å². The molecule has 0 radical (unpaired) electrons. The molecule has 1 aromatic heterocycles. The maximum atomic E-state index is 9.27. The van der Waals surface area contributed by atoms with Crippen molar-refractivity contribution in [3.8, 4) is 5.69 Å². The molecule has 0 unspecified atom stereocenters. The van der Waals surface area contributed by atoms with Crippen LogP contribution in [0.5, 0.6) is 0 Å². The standard InChI is InChI=1S/C13H14N2O/c16-12-8-10(9-12)13-6-7-15(14-13)11-4-2-1-3-5-11/h1-7,10,12,16H,8-9H2. The average Bonchev–Trinajstić information content (AvgIpc) is 2.75. The second-order valence-electron chi connectivity index (χ2n) is 4.34. The molecule has 1 fully saturated rings. The Balaban J connectivity index is 1.83. The average molecular weight is 214 g/mol. The van der Waals surface area contributed by atoms with Gasteiger partial charge in [0.2, 0.25) is 0 Å². The number of rotatable bonds is 2. The summed E-state index contributed by atoms with van der Waals surface area (Å²) >= 11 is 0. The van der Waals surface area contributed by atoms with E-state index in [1.54, 1.807) is 0 Å². The third-order valence-electron chi connectivity index (χ3n) is 3.16. The number of hydrogen-bond acceptors (Lipinski definition) is 2. The molecule has 0 aliphatic heterocycles. The van der Waals surface area contributed by atoms with E-state index in [0.29, 0.717) is 5.92 Å². The maximum absolute atomic E-state index is 9.27. The first kappa shape index (κ1) is 9.60. The highest BCUT2D eigenvalue weighted by Crippen LogP contribution is 2.35. The van der Waals surface area contributed by atoms with Crippen LogP contribution in [0.1, 0.15) is 24.5 Å². The summed E-state index contributed by atoms with van der Waals surface area (Å²) in [7, 11) is 0. The van der Waals surface area contributed by atoms with Crippen molar-refractivity contribution in [2.45, 2.75) is 24.9 Å². The third kappa shape index (κ3) is 1.63. The number of nitrogens with zero attached hydrogens (tertiary/aromatic N) is 2. The van der Waals surface area contributed by atoms with Crippen LogP contribution < -0.4 is 0 Å². The highest BCUT2D eigenvalue weighted by Gasteiger charge is 2.30. The van der Waals surface area contributed by atoms with E-state index in [4.69, 9.17) is 0 Å². The van der Waals surface area contributed by atoms with Gasteiger partial charge in [0.25, 0.3) is 0 Å². The number of aliphatic hydroxyl groups is 1. The number of benzene rings is 1. The van der Waals surface area contributed by atoms with Gasteiger partial charge in [0, 0.05) is 12.1 Å². The first-order valence-corrected chi connectivity index (χ1v) is 5.62. The highest BCUT2D eigenvalue weighted by molar-refractivity contribution is 5.31. The van der Waals surface area contributed by atoms with Crippen molar-refractivity contribution in [2.24, 2.45) is 0 Å². The van der Waals surface area contributed by atoms with Gasteiger partial charge in [0.15, 0.2) is 0 Å². The maximum Gasteiger partial charge on any atom is 0.0661 e. The Hall–Kier alpha value is -1.61. The van der Waals surface area contributed by atoms with E-state index in [9.17, 15) is 5.11 Å². The van der Waals surface area contributed by atoms with Crippen molar-refractivity contribution in [3.05, 3.63) is 48.3 Å². The predicted octanol–water partition coefficient (Wildman–Crippen LogP) is 2.11. The highest BCUT2D eigenvalue weighted by atomic mass is 16.3. The minimum atomic E-state index is -0.119. The summed E-state index contributed by atoms with van der Waals surface area (Å²) in [5.41, 5.74) is 2.17. The van der Waals surface area contributed by atoms with Gasteiger partial charge >= 0.3 is 0 Å². The van der Waals surface area contributed by atoms with Crippen LogP contribution >= 0.6 is 0 Å². The molecule has 1 aromatic carbocycles. The molecule has 1 N–H and O–H groups in total. The topological polar surface area (TPSA) is 38.0 Å². The number of hydrogen-bond donors (Lipinski definition) is 1. The van der Waals surface area contributed by atoms with Crippen LogP contribution in [0.3, 0.4) is 0 Å².